The maximum atomic E-state index is 4.06. The van der Waals surface area contributed by atoms with Crippen molar-refractivity contribution < 1.29 is 0 Å². The number of rotatable bonds is 6. The number of allylic oxidation sites excluding steroid dienone is 10. The second-order valence-electron chi connectivity index (χ2n) is 6.51. The SMILES string of the molecule is C=CC/C(C/C=C1C=C/1C=C)=C1\CCCN2CCCC(C=C)=C12. The Labute approximate surface area is 140 Å². The van der Waals surface area contributed by atoms with Crippen LogP contribution in [0, 0.1) is 0 Å². The zero-order valence-corrected chi connectivity index (χ0v) is 14.1. The van der Waals surface area contributed by atoms with E-state index in [9.17, 15) is 0 Å². The van der Waals surface area contributed by atoms with Crippen LogP contribution < -0.4 is 0 Å². The maximum Gasteiger partial charge on any atom is 0.0430 e. The van der Waals surface area contributed by atoms with Crippen molar-refractivity contribution in [3.8, 4) is 0 Å². The summed E-state index contributed by atoms with van der Waals surface area (Å²) >= 11 is 0. The van der Waals surface area contributed by atoms with E-state index in [1.165, 1.54) is 66.8 Å². The highest BCUT2D eigenvalue weighted by Crippen LogP contribution is 2.38. The molecule has 2 heterocycles. The minimum atomic E-state index is 0.976. The summed E-state index contributed by atoms with van der Waals surface area (Å²) < 4.78 is 0. The van der Waals surface area contributed by atoms with E-state index >= 15 is 0 Å². The molecule has 23 heavy (non-hydrogen) atoms. The van der Waals surface area contributed by atoms with Gasteiger partial charge in [0.05, 0.1) is 0 Å². The summed E-state index contributed by atoms with van der Waals surface area (Å²) in [5, 5.41) is 0. The number of hydrogen-bond acceptors (Lipinski definition) is 1. The van der Waals surface area contributed by atoms with Crippen molar-refractivity contribution in [2.75, 3.05) is 13.1 Å². The molecule has 0 saturated carbocycles. The van der Waals surface area contributed by atoms with Gasteiger partial charge in [-0.3, -0.25) is 0 Å². The van der Waals surface area contributed by atoms with Crippen LogP contribution in [0.1, 0.15) is 38.5 Å². The van der Waals surface area contributed by atoms with Gasteiger partial charge in [-0.25, -0.2) is 0 Å². The van der Waals surface area contributed by atoms with E-state index in [1.54, 1.807) is 5.57 Å². The Hall–Kier alpha value is -2.02. The third-order valence-corrected chi connectivity index (χ3v) is 5.05. The monoisotopic (exact) mass is 305 g/mol. The molecule has 0 aromatic rings. The Morgan fingerprint density at radius 3 is 2.48 bits per heavy atom. The van der Waals surface area contributed by atoms with Gasteiger partial charge >= 0.3 is 0 Å². The molecule has 0 spiro atoms. The van der Waals surface area contributed by atoms with Crippen molar-refractivity contribution in [2.45, 2.75) is 38.5 Å². The van der Waals surface area contributed by atoms with E-state index in [1.807, 2.05) is 12.2 Å². The molecule has 1 aliphatic carbocycles. The summed E-state index contributed by atoms with van der Waals surface area (Å²) in [6, 6.07) is 0. The van der Waals surface area contributed by atoms with Gasteiger partial charge in [0.2, 0.25) is 0 Å². The molecule has 0 amide bonds. The minimum Gasteiger partial charge on any atom is -0.371 e. The lowest BCUT2D eigenvalue weighted by Crippen LogP contribution is -2.34. The van der Waals surface area contributed by atoms with E-state index < -0.39 is 0 Å². The average Bonchev–Trinajstić information content (AvgIpc) is 3.36. The molecule has 0 bridgehead atoms. The van der Waals surface area contributed by atoms with E-state index in [4.69, 9.17) is 0 Å². The molecule has 0 unspecified atom stereocenters. The molecule has 1 heteroatoms. The smallest absolute Gasteiger partial charge is 0.0430 e. The molecule has 1 fully saturated rings. The summed E-state index contributed by atoms with van der Waals surface area (Å²) in [5.74, 6) is 0. The second kappa shape index (κ2) is 7.04. The van der Waals surface area contributed by atoms with Gasteiger partial charge in [0.1, 0.15) is 0 Å². The van der Waals surface area contributed by atoms with Crippen molar-refractivity contribution in [3.05, 3.63) is 83.7 Å². The molecule has 1 saturated heterocycles. The Bertz CT molecular complexity index is 651. The molecule has 0 N–H and O–H groups in total. The van der Waals surface area contributed by atoms with Gasteiger partial charge in [-0.1, -0.05) is 43.0 Å². The molecule has 0 aromatic carbocycles. The van der Waals surface area contributed by atoms with Crippen LogP contribution in [0.25, 0.3) is 0 Å². The fourth-order valence-corrected chi connectivity index (χ4v) is 3.83. The van der Waals surface area contributed by atoms with Gasteiger partial charge in [-0.2, -0.15) is 0 Å². The normalized spacial score (nSPS) is 24.1. The molecule has 120 valence electrons. The molecule has 3 rings (SSSR count). The van der Waals surface area contributed by atoms with Gasteiger partial charge in [-0.15, -0.1) is 6.58 Å². The molecule has 2 aliphatic heterocycles. The van der Waals surface area contributed by atoms with Crippen LogP contribution >= 0.6 is 0 Å². The van der Waals surface area contributed by atoms with E-state index in [0.29, 0.717) is 0 Å². The summed E-state index contributed by atoms with van der Waals surface area (Å²) in [5.41, 5.74) is 8.66. The number of piperidine rings is 1. The van der Waals surface area contributed by atoms with Crippen LogP contribution in [0.4, 0.5) is 0 Å². The van der Waals surface area contributed by atoms with Crippen LogP contribution in [0.2, 0.25) is 0 Å². The zero-order chi connectivity index (χ0) is 16.2. The lowest BCUT2D eigenvalue weighted by Gasteiger charge is -2.39. The molecule has 1 nitrogen and oxygen atoms in total. The highest BCUT2D eigenvalue weighted by molar-refractivity contribution is 5.63. The number of fused-ring (bicyclic) bond motifs is 1. The highest BCUT2D eigenvalue weighted by Gasteiger charge is 2.26. The van der Waals surface area contributed by atoms with Gasteiger partial charge in [0, 0.05) is 18.8 Å². The van der Waals surface area contributed by atoms with Gasteiger partial charge in [-0.05, 0) is 66.9 Å². The lowest BCUT2D eigenvalue weighted by molar-refractivity contribution is 0.296. The zero-order valence-electron chi connectivity index (χ0n) is 14.1. The summed E-state index contributed by atoms with van der Waals surface area (Å²) in [6.45, 7) is 14.3. The first-order valence-electron chi connectivity index (χ1n) is 8.75. The van der Waals surface area contributed by atoms with Gasteiger partial charge < -0.3 is 4.90 Å². The van der Waals surface area contributed by atoms with Crippen molar-refractivity contribution in [3.63, 3.8) is 0 Å². The Morgan fingerprint density at radius 1 is 1.04 bits per heavy atom. The van der Waals surface area contributed by atoms with Crippen LogP contribution in [0.3, 0.4) is 0 Å². The minimum absolute atomic E-state index is 0.976. The van der Waals surface area contributed by atoms with Crippen molar-refractivity contribution >= 4 is 0 Å². The predicted molar refractivity (Wildman–Crippen MR) is 100 cm³/mol. The van der Waals surface area contributed by atoms with Crippen LogP contribution in [0.15, 0.2) is 83.7 Å². The molecule has 3 aliphatic rings. The fraction of sp³-hybridized carbons (Fsp3) is 0.364. The number of nitrogens with zero attached hydrogens (tertiary/aromatic N) is 1. The average molecular weight is 305 g/mol. The predicted octanol–water partition coefficient (Wildman–Crippen LogP) is 5.63. The largest absolute Gasteiger partial charge is 0.371 e. The van der Waals surface area contributed by atoms with Crippen molar-refractivity contribution in [1.29, 1.82) is 0 Å². The maximum absolute atomic E-state index is 4.06. The topological polar surface area (TPSA) is 3.24 Å². The quantitative estimate of drug-likeness (QED) is 0.575. The van der Waals surface area contributed by atoms with Crippen LogP contribution in [-0.4, -0.2) is 18.0 Å². The van der Waals surface area contributed by atoms with E-state index in [0.717, 1.165) is 12.8 Å². The summed E-state index contributed by atoms with van der Waals surface area (Å²) in [4.78, 5) is 2.58. The second-order valence-corrected chi connectivity index (χ2v) is 6.51. The van der Waals surface area contributed by atoms with E-state index in [-0.39, 0.29) is 0 Å². The first-order chi connectivity index (χ1) is 11.3. The summed E-state index contributed by atoms with van der Waals surface area (Å²) in [7, 11) is 0. The first-order valence-corrected chi connectivity index (χ1v) is 8.75. The number of hydrogen-bond donors (Lipinski definition) is 0. The summed E-state index contributed by atoms with van der Waals surface area (Å²) in [6.07, 6.45) is 17.5. The molecule has 0 aromatic heterocycles. The first kappa shape index (κ1) is 15.9. The van der Waals surface area contributed by atoms with Gasteiger partial charge in [0.15, 0.2) is 0 Å². The molecule has 0 atom stereocenters. The van der Waals surface area contributed by atoms with Crippen LogP contribution in [0.5, 0.6) is 0 Å². The van der Waals surface area contributed by atoms with Crippen LogP contribution in [-0.2, 0) is 0 Å². The standard InChI is InChI=1S/C22H27N/c1-4-9-19(12-13-20-16-18(20)6-3)21-11-8-15-23-14-7-10-17(5-2)22(21)23/h4-6,13,16H,1-3,7-12,14-15H2/b20-13-,21-19-. The fourth-order valence-electron chi connectivity index (χ4n) is 3.83. The Morgan fingerprint density at radius 2 is 1.83 bits per heavy atom. The van der Waals surface area contributed by atoms with Gasteiger partial charge in [0.25, 0.3) is 0 Å². The molecule has 0 radical (unpaired) electrons. The molecular formula is C22H27N. The third-order valence-electron chi connectivity index (χ3n) is 5.05. The Balaban J connectivity index is 1.94. The highest BCUT2D eigenvalue weighted by atomic mass is 15.1. The van der Waals surface area contributed by atoms with E-state index in [2.05, 4.69) is 42.9 Å². The lowest BCUT2D eigenvalue weighted by atomic mass is 9.86. The van der Waals surface area contributed by atoms with Crippen molar-refractivity contribution in [2.24, 2.45) is 0 Å². The third kappa shape index (κ3) is 3.34. The Kier molecular flexibility index (Phi) is 4.85. The van der Waals surface area contributed by atoms with Crippen molar-refractivity contribution in [1.82, 2.24) is 4.90 Å². The molecular weight excluding hydrogens is 278 g/mol.